The Labute approximate surface area is 180 Å². The summed E-state index contributed by atoms with van der Waals surface area (Å²) in [5.74, 6) is -0.158. The molecule has 2 amide bonds. The van der Waals surface area contributed by atoms with Crippen LogP contribution in [0.3, 0.4) is 0 Å². The second-order valence-corrected chi connectivity index (χ2v) is 7.13. The number of nitrogens with two attached hydrogens (primary N) is 1. The van der Waals surface area contributed by atoms with E-state index in [1.54, 1.807) is 26.4 Å². The summed E-state index contributed by atoms with van der Waals surface area (Å²) in [4.78, 5) is 29.9. The van der Waals surface area contributed by atoms with Gasteiger partial charge in [-0.25, -0.2) is 0 Å². The molecule has 0 aromatic heterocycles. The average molecular weight is 420 g/mol. The molecule has 0 saturated carbocycles. The lowest BCUT2D eigenvalue weighted by molar-refractivity contribution is -0.130. The van der Waals surface area contributed by atoms with Crippen molar-refractivity contribution in [2.75, 3.05) is 52.9 Å². The summed E-state index contributed by atoms with van der Waals surface area (Å²) in [6, 6.07) is 0. The van der Waals surface area contributed by atoms with E-state index in [1.165, 1.54) is 12.3 Å². The van der Waals surface area contributed by atoms with Crippen molar-refractivity contribution in [3.05, 3.63) is 48.2 Å². The van der Waals surface area contributed by atoms with Gasteiger partial charge >= 0.3 is 0 Å². The van der Waals surface area contributed by atoms with E-state index < -0.39 is 0 Å². The van der Waals surface area contributed by atoms with Crippen LogP contribution in [0.4, 0.5) is 0 Å². The Morgan fingerprint density at radius 3 is 2.40 bits per heavy atom. The number of piperazine rings is 1. The fraction of sp³-hybridized carbons (Fsp3) is 0.545. The number of allylic oxidation sites excluding steroid dienone is 2. The largest absolute Gasteiger partial charge is 0.504 e. The van der Waals surface area contributed by atoms with E-state index in [2.05, 4.69) is 28.6 Å². The van der Waals surface area contributed by atoms with Crippen LogP contribution < -0.4 is 11.1 Å². The van der Waals surface area contributed by atoms with Crippen LogP contribution in [0.15, 0.2) is 48.2 Å². The van der Waals surface area contributed by atoms with Crippen molar-refractivity contribution >= 4 is 11.8 Å². The summed E-state index contributed by atoms with van der Waals surface area (Å²) in [6.07, 6.45) is 6.92. The lowest BCUT2D eigenvalue weighted by Crippen LogP contribution is -2.48. The molecule has 1 aliphatic heterocycles. The van der Waals surface area contributed by atoms with Gasteiger partial charge in [-0.2, -0.15) is 0 Å². The smallest absolute Gasteiger partial charge is 0.247 e. The molecule has 0 aromatic carbocycles. The van der Waals surface area contributed by atoms with Gasteiger partial charge in [-0.15, -0.1) is 0 Å². The third-order valence-corrected chi connectivity index (χ3v) is 5.05. The predicted molar refractivity (Wildman–Crippen MR) is 120 cm³/mol. The quantitative estimate of drug-likeness (QED) is 0.299. The van der Waals surface area contributed by atoms with Crippen molar-refractivity contribution in [1.82, 2.24) is 20.0 Å². The van der Waals surface area contributed by atoms with Crippen molar-refractivity contribution in [3.63, 3.8) is 0 Å². The molecule has 1 aliphatic rings. The first-order valence-electron chi connectivity index (χ1n) is 10.4. The lowest BCUT2D eigenvalue weighted by Gasteiger charge is -2.35. The van der Waals surface area contributed by atoms with E-state index >= 15 is 0 Å². The van der Waals surface area contributed by atoms with Gasteiger partial charge in [-0.05, 0) is 45.2 Å². The molecule has 0 aromatic rings. The van der Waals surface area contributed by atoms with Gasteiger partial charge in [0.05, 0.1) is 24.8 Å². The summed E-state index contributed by atoms with van der Waals surface area (Å²) in [7, 11) is 1.60. The molecule has 1 saturated heterocycles. The Morgan fingerprint density at radius 2 is 1.90 bits per heavy atom. The molecule has 8 nitrogen and oxygen atoms in total. The molecule has 1 fully saturated rings. The molecular formula is C22H37N5O3. The molecule has 1 heterocycles. The Kier molecular flexibility index (Phi) is 11.4. The van der Waals surface area contributed by atoms with Crippen LogP contribution in [0.25, 0.3) is 0 Å². The Balaban J connectivity index is 2.92. The second kappa shape index (κ2) is 13.5. The van der Waals surface area contributed by atoms with Gasteiger partial charge in [0.1, 0.15) is 0 Å². The number of hydrogen-bond acceptors (Lipinski definition) is 6. The molecule has 0 atom stereocenters. The normalized spacial score (nSPS) is 16.3. The molecule has 30 heavy (non-hydrogen) atoms. The van der Waals surface area contributed by atoms with Gasteiger partial charge in [-0.3, -0.25) is 14.5 Å². The fourth-order valence-electron chi connectivity index (χ4n) is 3.52. The van der Waals surface area contributed by atoms with Gasteiger partial charge in [0.2, 0.25) is 11.8 Å². The van der Waals surface area contributed by atoms with Crippen molar-refractivity contribution in [1.29, 1.82) is 0 Å². The Morgan fingerprint density at radius 1 is 1.23 bits per heavy atom. The number of carbonyl (C=O) groups excluding carboxylic acids is 2. The first-order chi connectivity index (χ1) is 14.4. The van der Waals surface area contributed by atoms with Gasteiger partial charge < -0.3 is 25.6 Å². The van der Waals surface area contributed by atoms with Crippen molar-refractivity contribution in [2.24, 2.45) is 5.73 Å². The minimum absolute atomic E-state index is 0.143. The Hall–Kier alpha value is -2.74. The molecule has 3 N–H and O–H groups in total. The van der Waals surface area contributed by atoms with Crippen molar-refractivity contribution in [3.8, 4) is 0 Å². The number of likely N-dealkylation sites (N-methyl/N-ethyl adjacent to an activating group) is 1. The van der Waals surface area contributed by atoms with E-state index in [0.717, 1.165) is 63.5 Å². The van der Waals surface area contributed by atoms with Gasteiger partial charge in [0.25, 0.3) is 0 Å². The number of nitrogens with zero attached hydrogens (tertiary/aromatic N) is 3. The number of nitrogens with one attached hydrogen (secondary N) is 1. The van der Waals surface area contributed by atoms with Crippen LogP contribution in [0.5, 0.6) is 0 Å². The Bertz CT molecular complexity index is 676. The number of amides is 2. The first kappa shape index (κ1) is 25.3. The van der Waals surface area contributed by atoms with Crippen molar-refractivity contribution < 1.29 is 14.3 Å². The maximum atomic E-state index is 11.9. The maximum Gasteiger partial charge on any atom is 0.247 e. The molecule has 0 unspecified atom stereocenters. The highest BCUT2D eigenvalue weighted by atomic mass is 16.5. The molecule has 0 bridgehead atoms. The van der Waals surface area contributed by atoms with Crippen LogP contribution in [0, 0.1) is 0 Å². The van der Waals surface area contributed by atoms with Gasteiger partial charge in [0.15, 0.2) is 0 Å². The first-order valence-corrected chi connectivity index (χ1v) is 10.4. The van der Waals surface area contributed by atoms with E-state index in [-0.39, 0.29) is 11.8 Å². The fourth-order valence-corrected chi connectivity index (χ4v) is 3.52. The third-order valence-electron chi connectivity index (χ3n) is 5.05. The number of rotatable bonds is 11. The highest BCUT2D eigenvalue weighted by molar-refractivity contribution is 5.88. The molecular weight excluding hydrogens is 382 g/mol. The molecule has 1 rings (SSSR count). The third kappa shape index (κ3) is 7.94. The highest BCUT2D eigenvalue weighted by Crippen LogP contribution is 2.20. The molecule has 8 heteroatoms. The summed E-state index contributed by atoms with van der Waals surface area (Å²) < 4.78 is 5.22. The zero-order chi connectivity index (χ0) is 22.5. The van der Waals surface area contributed by atoms with E-state index in [9.17, 15) is 9.59 Å². The van der Waals surface area contributed by atoms with Crippen molar-refractivity contribution in [2.45, 2.75) is 27.2 Å². The summed E-state index contributed by atoms with van der Waals surface area (Å²) in [5.41, 5.74) is 7.98. The standard InChI is InChI=1S/C22H37N5O3/c1-6-21(29)24-20(9-10-23)22(18(3)17-30-5)26(7-2)12-8-11-25-13-15-27(16-14-25)19(4)28/h6,9-10,17H,1,7-8,11-16,23H2,2-5H3,(H,24,29)/b10-9+,18-17+,22-20-. The maximum absolute atomic E-state index is 11.9. The van der Waals surface area contributed by atoms with E-state index in [0.29, 0.717) is 5.70 Å². The molecule has 0 spiro atoms. The highest BCUT2D eigenvalue weighted by Gasteiger charge is 2.20. The van der Waals surface area contributed by atoms with Crippen LogP contribution in [0.2, 0.25) is 0 Å². The second-order valence-electron chi connectivity index (χ2n) is 7.13. The zero-order valence-electron chi connectivity index (χ0n) is 18.8. The van der Waals surface area contributed by atoms with Crippen LogP contribution in [0.1, 0.15) is 27.2 Å². The van der Waals surface area contributed by atoms with E-state index in [1.807, 2.05) is 11.8 Å². The van der Waals surface area contributed by atoms with Crippen LogP contribution in [-0.2, 0) is 14.3 Å². The summed E-state index contributed by atoms with van der Waals surface area (Å²) >= 11 is 0. The number of methoxy groups -OCH3 is 1. The molecule has 0 aliphatic carbocycles. The molecule has 168 valence electrons. The van der Waals surface area contributed by atoms with Crippen LogP contribution >= 0.6 is 0 Å². The van der Waals surface area contributed by atoms with Gasteiger partial charge in [0, 0.05) is 51.8 Å². The van der Waals surface area contributed by atoms with Gasteiger partial charge in [-0.1, -0.05) is 6.58 Å². The van der Waals surface area contributed by atoms with Crippen LogP contribution in [-0.4, -0.2) is 79.4 Å². The summed E-state index contributed by atoms with van der Waals surface area (Å²) in [6.45, 7) is 15.0. The summed E-state index contributed by atoms with van der Waals surface area (Å²) in [5, 5.41) is 2.85. The minimum Gasteiger partial charge on any atom is -0.504 e. The predicted octanol–water partition coefficient (Wildman–Crippen LogP) is 1.40. The topological polar surface area (TPSA) is 91.1 Å². The number of ether oxygens (including phenoxy) is 1. The monoisotopic (exact) mass is 419 g/mol. The SMILES string of the molecule is C=CC(=O)NC(/C=C/N)=C(/C(C)=C/OC)N(CC)CCCN1CCN(C(C)=O)CC1. The average Bonchev–Trinajstić information content (AvgIpc) is 2.73. The lowest BCUT2D eigenvalue weighted by atomic mass is 10.1. The van der Waals surface area contributed by atoms with E-state index in [4.69, 9.17) is 10.5 Å². The minimum atomic E-state index is -0.301. The number of hydrogen-bond donors (Lipinski definition) is 2. The molecule has 0 radical (unpaired) electrons. The zero-order valence-corrected chi connectivity index (χ0v) is 18.8. The number of carbonyl (C=O) groups is 2.